The lowest BCUT2D eigenvalue weighted by atomic mass is 10.1. The molecule has 110 valence electrons. The minimum atomic E-state index is -0.503. The molecular formula is C16H17FN2O2. The van der Waals surface area contributed by atoms with Gasteiger partial charge in [-0.25, -0.2) is 4.39 Å². The van der Waals surface area contributed by atoms with E-state index in [-0.39, 0.29) is 11.7 Å². The van der Waals surface area contributed by atoms with E-state index in [0.29, 0.717) is 23.5 Å². The summed E-state index contributed by atoms with van der Waals surface area (Å²) < 4.78 is 18.9. The molecule has 4 nitrogen and oxygen atoms in total. The molecule has 0 atom stereocenters. The Morgan fingerprint density at radius 2 is 2.00 bits per heavy atom. The van der Waals surface area contributed by atoms with Gasteiger partial charge in [0.2, 0.25) is 0 Å². The van der Waals surface area contributed by atoms with Crippen LogP contribution < -0.4 is 15.4 Å². The van der Waals surface area contributed by atoms with E-state index >= 15 is 0 Å². The highest BCUT2D eigenvalue weighted by Gasteiger charge is 2.11. The maximum Gasteiger partial charge on any atom is 0.257 e. The molecule has 5 heteroatoms. The van der Waals surface area contributed by atoms with Crippen molar-refractivity contribution in [2.24, 2.45) is 0 Å². The number of para-hydroxylation sites is 1. The quantitative estimate of drug-likeness (QED) is 0.885. The summed E-state index contributed by atoms with van der Waals surface area (Å²) >= 11 is 0. The molecule has 0 aromatic heterocycles. The Kier molecular flexibility index (Phi) is 4.77. The van der Waals surface area contributed by atoms with Crippen LogP contribution in [-0.2, 0) is 0 Å². The average molecular weight is 288 g/mol. The van der Waals surface area contributed by atoms with Gasteiger partial charge in [0.15, 0.2) is 11.6 Å². The van der Waals surface area contributed by atoms with Crippen LogP contribution in [0.1, 0.15) is 17.3 Å². The smallest absolute Gasteiger partial charge is 0.257 e. The van der Waals surface area contributed by atoms with Gasteiger partial charge in [0.1, 0.15) is 0 Å². The molecule has 0 spiro atoms. The number of hydrogen-bond acceptors (Lipinski definition) is 3. The van der Waals surface area contributed by atoms with E-state index in [1.165, 1.54) is 12.1 Å². The normalized spacial score (nSPS) is 10.0. The van der Waals surface area contributed by atoms with Crippen LogP contribution in [0.15, 0.2) is 42.5 Å². The van der Waals surface area contributed by atoms with Gasteiger partial charge in [-0.05, 0) is 31.2 Å². The molecule has 0 fully saturated rings. The van der Waals surface area contributed by atoms with Crippen molar-refractivity contribution in [1.29, 1.82) is 0 Å². The van der Waals surface area contributed by atoms with Crippen LogP contribution in [-0.4, -0.2) is 19.6 Å². The molecule has 0 unspecified atom stereocenters. The average Bonchev–Trinajstić information content (AvgIpc) is 2.50. The van der Waals surface area contributed by atoms with Crippen LogP contribution in [0.4, 0.5) is 15.8 Å². The summed E-state index contributed by atoms with van der Waals surface area (Å²) in [6.07, 6.45) is 0. The highest BCUT2D eigenvalue weighted by atomic mass is 19.1. The number of benzene rings is 2. The van der Waals surface area contributed by atoms with Crippen LogP contribution in [0.5, 0.6) is 5.75 Å². The van der Waals surface area contributed by atoms with E-state index in [1.807, 2.05) is 6.07 Å². The molecular weight excluding hydrogens is 271 g/mol. The van der Waals surface area contributed by atoms with E-state index < -0.39 is 5.82 Å². The third kappa shape index (κ3) is 3.51. The van der Waals surface area contributed by atoms with Gasteiger partial charge in [-0.1, -0.05) is 12.1 Å². The minimum absolute atomic E-state index is 0.172. The molecule has 0 aliphatic carbocycles. The third-order valence-corrected chi connectivity index (χ3v) is 2.93. The van der Waals surface area contributed by atoms with E-state index in [4.69, 9.17) is 4.74 Å². The first-order chi connectivity index (χ1) is 10.2. The molecule has 1 amide bonds. The Morgan fingerprint density at radius 3 is 2.67 bits per heavy atom. The molecule has 2 N–H and O–H groups in total. The summed E-state index contributed by atoms with van der Waals surface area (Å²) in [6.45, 7) is 2.17. The number of amides is 1. The first-order valence-electron chi connectivity index (χ1n) is 6.66. The van der Waals surface area contributed by atoms with Crippen molar-refractivity contribution < 1.29 is 13.9 Å². The van der Waals surface area contributed by atoms with Crippen LogP contribution >= 0.6 is 0 Å². The third-order valence-electron chi connectivity index (χ3n) is 2.93. The lowest BCUT2D eigenvalue weighted by Gasteiger charge is -2.11. The first-order valence-corrected chi connectivity index (χ1v) is 6.66. The minimum Gasteiger partial charge on any atom is -0.491 e. The molecule has 0 heterocycles. The van der Waals surface area contributed by atoms with Crippen molar-refractivity contribution in [2.45, 2.75) is 6.92 Å². The lowest BCUT2D eigenvalue weighted by Crippen LogP contribution is -2.14. The summed E-state index contributed by atoms with van der Waals surface area (Å²) in [6, 6.07) is 11.4. The zero-order valence-corrected chi connectivity index (χ0v) is 11.9. The number of halogens is 1. The topological polar surface area (TPSA) is 50.4 Å². The monoisotopic (exact) mass is 288 g/mol. The molecule has 0 bridgehead atoms. The highest BCUT2D eigenvalue weighted by molar-refractivity contribution is 6.08. The number of nitrogens with one attached hydrogen (secondary N) is 2. The van der Waals surface area contributed by atoms with E-state index in [2.05, 4.69) is 10.6 Å². The van der Waals surface area contributed by atoms with Gasteiger partial charge in [-0.15, -0.1) is 0 Å². The van der Waals surface area contributed by atoms with E-state index in [9.17, 15) is 9.18 Å². The van der Waals surface area contributed by atoms with Crippen molar-refractivity contribution in [3.05, 3.63) is 53.8 Å². The number of rotatable bonds is 5. The number of carbonyl (C=O) groups is 1. The summed E-state index contributed by atoms with van der Waals surface area (Å²) in [5, 5.41) is 5.61. The number of anilines is 2. The number of carbonyl (C=O) groups excluding carboxylic acids is 1. The standard InChI is InChI=1S/C16H17FN2O2/c1-3-21-15-9-8-11(10-13(15)17)19-16(20)12-6-4-5-7-14(12)18-2/h4-10,18H,3H2,1-2H3,(H,19,20). The first kappa shape index (κ1) is 14.8. The largest absolute Gasteiger partial charge is 0.491 e. The van der Waals surface area contributed by atoms with Crippen LogP contribution in [0.25, 0.3) is 0 Å². The zero-order valence-electron chi connectivity index (χ0n) is 11.9. The summed E-state index contributed by atoms with van der Waals surface area (Å²) in [5.41, 5.74) is 1.59. The fourth-order valence-corrected chi connectivity index (χ4v) is 1.95. The molecule has 21 heavy (non-hydrogen) atoms. The van der Waals surface area contributed by atoms with Crippen LogP contribution in [0.3, 0.4) is 0 Å². The molecule has 0 radical (unpaired) electrons. The number of hydrogen-bond donors (Lipinski definition) is 2. The number of ether oxygens (including phenoxy) is 1. The molecule has 2 rings (SSSR count). The van der Waals surface area contributed by atoms with Gasteiger partial charge in [0, 0.05) is 24.5 Å². The van der Waals surface area contributed by atoms with E-state index in [1.54, 1.807) is 38.2 Å². The predicted octanol–water partition coefficient (Wildman–Crippen LogP) is 3.52. The maximum absolute atomic E-state index is 13.7. The van der Waals surface area contributed by atoms with Gasteiger partial charge < -0.3 is 15.4 Å². The Labute approximate surface area is 122 Å². The van der Waals surface area contributed by atoms with Crippen molar-refractivity contribution in [3.63, 3.8) is 0 Å². The molecule has 0 aliphatic rings. The molecule has 2 aromatic carbocycles. The fourth-order valence-electron chi connectivity index (χ4n) is 1.95. The fraction of sp³-hybridized carbons (Fsp3) is 0.188. The zero-order chi connectivity index (χ0) is 15.2. The van der Waals surface area contributed by atoms with Crippen molar-refractivity contribution >= 4 is 17.3 Å². The van der Waals surface area contributed by atoms with Crippen molar-refractivity contribution in [1.82, 2.24) is 0 Å². The SMILES string of the molecule is CCOc1ccc(NC(=O)c2ccccc2NC)cc1F. The Hall–Kier alpha value is -2.56. The molecule has 0 saturated heterocycles. The van der Waals surface area contributed by atoms with Gasteiger partial charge in [-0.3, -0.25) is 4.79 Å². The second-order valence-electron chi connectivity index (χ2n) is 4.33. The summed E-state index contributed by atoms with van der Waals surface area (Å²) in [5.74, 6) is -0.633. The molecule has 2 aromatic rings. The summed E-state index contributed by atoms with van der Waals surface area (Å²) in [4.78, 5) is 12.2. The van der Waals surface area contributed by atoms with Gasteiger partial charge in [0.25, 0.3) is 5.91 Å². The second kappa shape index (κ2) is 6.74. The van der Waals surface area contributed by atoms with Crippen LogP contribution in [0.2, 0.25) is 0 Å². The van der Waals surface area contributed by atoms with Crippen LogP contribution in [0, 0.1) is 5.82 Å². The Bertz CT molecular complexity index is 644. The Balaban J connectivity index is 2.18. The van der Waals surface area contributed by atoms with Crippen molar-refractivity contribution in [2.75, 3.05) is 24.3 Å². The van der Waals surface area contributed by atoms with Gasteiger partial charge in [-0.2, -0.15) is 0 Å². The molecule has 0 saturated carbocycles. The summed E-state index contributed by atoms with van der Waals surface area (Å²) in [7, 11) is 1.74. The maximum atomic E-state index is 13.7. The molecule has 0 aliphatic heterocycles. The van der Waals surface area contributed by atoms with Gasteiger partial charge in [0.05, 0.1) is 12.2 Å². The van der Waals surface area contributed by atoms with Crippen molar-refractivity contribution in [3.8, 4) is 5.75 Å². The van der Waals surface area contributed by atoms with E-state index in [0.717, 1.165) is 0 Å². The predicted molar refractivity (Wildman–Crippen MR) is 81.5 cm³/mol. The highest BCUT2D eigenvalue weighted by Crippen LogP contribution is 2.22. The van der Waals surface area contributed by atoms with Gasteiger partial charge >= 0.3 is 0 Å². The Morgan fingerprint density at radius 1 is 1.24 bits per heavy atom. The lowest BCUT2D eigenvalue weighted by molar-refractivity contribution is 0.102. The second-order valence-corrected chi connectivity index (χ2v) is 4.33.